The van der Waals surface area contributed by atoms with E-state index in [4.69, 9.17) is 0 Å². The van der Waals surface area contributed by atoms with E-state index in [0.717, 1.165) is 6.04 Å². The zero-order chi connectivity index (χ0) is 5.82. The first kappa shape index (κ1) is 6.43. The second-order valence-corrected chi connectivity index (χ2v) is 3.51. The van der Waals surface area contributed by atoms with E-state index >= 15 is 0 Å². The van der Waals surface area contributed by atoms with E-state index in [-0.39, 0.29) is 0 Å². The Kier molecular flexibility index (Phi) is 2.70. The number of thioether (sulfide) groups is 1. The first-order chi connectivity index (χ1) is 3.93. The Morgan fingerprint density at radius 1 is 1.38 bits per heavy atom. The van der Waals surface area contributed by atoms with E-state index < -0.39 is 0 Å². The molecule has 0 atom stereocenters. The quantitative estimate of drug-likeness (QED) is 0.534. The second kappa shape index (κ2) is 3.36. The summed E-state index contributed by atoms with van der Waals surface area (Å²) in [6, 6.07) is 0.941. The van der Waals surface area contributed by atoms with Crippen LogP contribution < -0.4 is 5.32 Å². The average Bonchev–Trinajstić information content (AvgIpc) is 1.90. The third-order valence-electron chi connectivity index (χ3n) is 1.74. The topological polar surface area (TPSA) is 16.6 Å². The molecule has 0 saturated carbocycles. The number of rotatable bonds is 1. The Morgan fingerprint density at radius 2 is 2.00 bits per heavy atom. The van der Waals surface area contributed by atoms with E-state index in [1.165, 1.54) is 24.3 Å². The summed E-state index contributed by atoms with van der Waals surface area (Å²) < 4.78 is 0. The third-order valence-corrected chi connectivity index (χ3v) is 2.79. The van der Waals surface area contributed by atoms with Gasteiger partial charge in [-0.25, -0.2) is 0 Å². The average molecular weight is 132 g/mol. The molecule has 0 amide bonds. The van der Waals surface area contributed by atoms with Gasteiger partial charge in [-0.05, 0) is 11.5 Å². The van der Waals surface area contributed by atoms with Crippen molar-refractivity contribution in [2.45, 2.75) is 18.9 Å². The molecule has 1 rings (SSSR count). The first-order valence-corrected chi connectivity index (χ1v) is 4.46. The molecular weight excluding hydrogens is 118 g/mol. The van der Waals surface area contributed by atoms with Gasteiger partial charge in [0.2, 0.25) is 0 Å². The Balaban J connectivity index is 2.13. The molecule has 48 valence electrons. The van der Waals surface area contributed by atoms with Gasteiger partial charge in [-0.2, -0.15) is 11.8 Å². The van der Waals surface area contributed by atoms with Crippen LogP contribution in [0.5, 0.6) is 0 Å². The Bertz CT molecular complexity index is 59.5. The van der Waals surface area contributed by atoms with Gasteiger partial charge >= 0.3 is 0 Å². The van der Waals surface area contributed by atoms with Crippen molar-refractivity contribution >= 4 is 11.8 Å². The summed E-state index contributed by atoms with van der Waals surface area (Å²) in [5.41, 5.74) is 0. The van der Waals surface area contributed by atoms with Crippen LogP contribution >= 0.6 is 11.8 Å². The summed E-state index contributed by atoms with van der Waals surface area (Å²) in [4.78, 5) is 0. The lowest BCUT2D eigenvalue weighted by molar-refractivity contribution is -0.663. The highest BCUT2D eigenvalue weighted by atomic mass is 32.2. The summed E-state index contributed by atoms with van der Waals surface area (Å²) in [6.07, 6.45) is 2.84. The molecule has 8 heavy (non-hydrogen) atoms. The molecule has 1 saturated heterocycles. The van der Waals surface area contributed by atoms with E-state index in [0.29, 0.717) is 0 Å². The van der Waals surface area contributed by atoms with Gasteiger partial charge in [-0.3, -0.25) is 0 Å². The van der Waals surface area contributed by atoms with Crippen LogP contribution in [-0.4, -0.2) is 24.6 Å². The van der Waals surface area contributed by atoms with E-state index in [2.05, 4.69) is 24.1 Å². The Morgan fingerprint density at radius 3 is 2.38 bits per heavy atom. The van der Waals surface area contributed by atoms with Crippen molar-refractivity contribution in [2.24, 2.45) is 0 Å². The lowest BCUT2D eigenvalue weighted by Gasteiger charge is -2.16. The molecule has 1 nitrogen and oxygen atoms in total. The molecule has 0 radical (unpaired) electrons. The Hall–Kier alpha value is 0.310. The van der Waals surface area contributed by atoms with Gasteiger partial charge in [0.1, 0.15) is 0 Å². The van der Waals surface area contributed by atoms with Crippen molar-refractivity contribution in [2.75, 3.05) is 18.6 Å². The van der Waals surface area contributed by atoms with E-state index in [1.54, 1.807) is 0 Å². The molecule has 1 aliphatic heterocycles. The molecule has 2 N–H and O–H groups in total. The van der Waals surface area contributed by atoms with Gasteiger partial charge in [0.25, 0.3) is 0 Å². The minimum Gasteiger partial charge on any atom is -0.346 e. The summed E-state index contributed by atoms with van der Waals surface area (Å²) >= 11 is 2.09. The molecule has 0 aromatic rings. The lowest BCUT2D eigenvalue weighted by Crippen LogP contribution is -2.86. The smallest absolute Gasteiger partial charge is 0.0873 e. The minimum atomic E-state index is 0.941. The summed E-state index contributed by atoms with van der Waals surface area (Å²) in [6.45, 7) is 0. The van der Waals surface area contributed by atoms with E-state index in [9.17, 15) is 0 Å². The number of quaternary nitrogens is 1. The van der Waals surface area contributed by atoms with Crippen LogP contribution in [0.1, 0.15) is 12.8 Å². The fourth-order valence-electron chi connectivity index (χ4n) is 1.05. The fourth-order valence-corrected chi connectivity index (χ4v) is 2.19. The maximum absolute atomic E-state index is 2.35. The monoisotopic (exact) mass is 132 g/mol. The van der Waals surface area contributed by atoms with Crippen molar-refractivity contribution in [1.29, 1.82) is 0 Å². The van der Waals surface area contributed by atoms with Gasteiger partial charge < -0.3 is 5.32 Å². The predicted molar refractivity (Wildman–Crippen MR) is 38.2 cm³/mol. The Labute approximate surface area is 55.2 Å². The molecule has 0 unspecified atom stereocenters. The summed E-state index contributed by atoms with van der Waals surface area (Å²) in [5, 5.41) is 2.35. The molecule has 2 heteroatoms. The van der Waals surface area contributed by atoms with Gasteiger partial charge in [0.05, 0.1) is 13.1 Å². The summed E-state index contributed by atoms with van der Waals surface area (Å²) in [7, 11) is 2.18. The molecule has 1 aliphatic rings. The van der Waals surface area contributed by atoms with Crippen molar-refractivity contribution in [1.82, 2.24) is 0 Å². The van der Waals surface area contributed by atoms with Crippen LogP contribution in [-0.2, 0) is 0 Å². The lowest BCUT2D eigenvalue weighted by atomic mass is 10.2. The minimum absolute atomic E-state index is 0.941. The van der Waals surface area contributed by atoms with Gasteiger partial charge in [0.15, 0.2) is 0 Å². The summed E-state index contributed by atoms with van der Waals surface area (Å²) in [5.74, 6) is 2.77. The highest BCUT2D eigenvalue weighted by molar-refractivity contribution is 7.99. The molecule has 0 aromatic heterocycles. The van der Waals surface area contributed by atoms with Crippen LogP contribution in [0.15, 0.2) is 0 Å². The molecule has 0 aromatic carbocycles. The highest BCUT2D eigenvalue weighted by Gasteiger charge is 2.12. The predicted octanol–water partition coefficient (Wildman–Crippen LogP) is 0.0752. The maximum atomic E-state index is 2.35. The van der Waals surface area contributed by atoms with Gasteiger partial charge in [-0.1, -0.05) is 0 Å². The first-order valence-electron chi connectivity index (χ1n) is 3.30. The largest absolute Gasteiger partial charge is 0.346 e. The molecule has 0 spiro atoms. The SMILES string of the molecule is C[NH2+]C1CCSCC1. The molecule has 1 fully saturated rings. The van der Waals surface area contributed by atoms with Crippen LogP contribution in [0.4, 0.5) is 0 Å². The van der Waals surface area contributed by atoms with Crippen molar-refractivity contribution in [3.8, 4) is 0 Å². The van der Waals surface area contributed by atoms with Crippen LogP contribution in [0.2, 0.25) is 0 Å². The molecule has 0 bridgehead atoms. The fraction of sp³-hybridized carbons (Fsp3) is 1.00. The zero-order valence-corrected chi connectivity index (χ0v) is 6.21. The van der Waals surface area contributed by atoms with Crippen molar-refractivity contribution in [3.63, 3.8) is 0 Å². The number of hydrogen-bond donors (Lipinski definition) is 1. The van der Waals surface area contributed by atoms with Crippen LogP contribution in [0, 0.1) is 0 Å². The van der Waals surface area contributed by atoms with Gasteiger partial charge in [-0.15, -0.1) is 0 Å². The van der Waals surface area contributed by atoms with Crippen LogP contribution in [0.3, 0.4) is 0 Å². The molecular formula is C6H14NS+. The molecule has 0 aliphatic carbocycles. The number of hydrogen-bond acceptors (Lipinski definition) is 1. The number of nitrogens with two attached hydrogens (primary N) is 1. The third kappa shape index (κ3) is 1.67. The normalized spacial score (nSPS) is 23.6. The standard InChI is InChI=1S/C6H13NS/c1-7-6-2-4-8-5-3-6/h6-7H,2-5H2,1H3/p+1. The van der Waals surface area contributed by atoms with Crippen molar-refractivity contribution in [3.05, 3.63) is 0 Å². The van der Waals surface area contributed by atoms with E-state index in [1.807, 2.05) is 0 Å². The molecule has 1 heterocycles. The second-order valence-electron chi connectivity index (χ2n) is 2.28. The van der Waals surface area contributed by atoms with Crippen LogP contribution in [0.25, 0.3) is 0 Å². The van der Waals surface area contributed by atoms with Crippen molar-refractivity contribution < 1.29 is 5.32 Å². The van der Waals surface area contributed by atoms with Gasteiger partial charge in [0, 0.05) is 12.8 Å². The zero-order valence-electron chi connectivity index (χ0n) is 5.39. The highest BCUT2D eigenvalue weighted by Crippen LogP contribution is 2.13. The maximum Gasteiger partial charge on any atom is 0.0873 e.